The number of nitrogen functional groups attached to an aromatic ring is 1. The molecule has 1 aromatic carbocycles. The molecule has 0 fully saturated rings. The molecule has 2 N–H and O–H groups in total. The normalized spacial score (nSPS) is 12.1. The number of nitrogens with two attached hydrogens (primary N) is 1. The minimum atomic E-state index is -2.80. The van der Waals surface area contributed by atoms with Crippen LogP contribution in [0.25, 0.3) is 0 Å². The van der Waals surface area contributed by atoms with E-state index >= 15 is 0 Å². The lowest BCUT2D eigenvalue weighted by atomic mass is 10.2. The number of hydrogen-bond acceptors (Lipinski definition) is 6. The fourth-order valence-corrected chi connectivity index (χ4v) is 1.13. The zero-order valence-electron chi connectivity index (χ0n) is 6.71. The molecule has 0 amide bonds. The standard InChI is InChI=1S/C6H6N2O5S/c7-6-4(8(9)10)2-1-3-5(6)13-14(11)12/h1-3H,7H2,(H,11,12)/p-1. The summed E-state index contributed by atoms with van der Waals surface area (Å²) in [6, 6.07) is 3.64. The van der Waals surface area contributed by atoms with Gasteiger partial charge in [-0.15, -0.1) is 0 Å². The van der Waals surface area contributed by atoms with E-state index in [-0.39, 0.29) is 11.4 Å². The number of benzene rings is 1. The Labute approximate surface area is 81.1 Å². The van der Waals surface area contributed by atoms with Crippen LogP contribution < -0.4 is 9.92 Å². The fraction of sp³-hybridized carbons (Fsp3) is 0. The van der Waals surface area contributed by atoms with Crippen LogP contribution in [0.3, 0.4) is 0 Å². The van der Waals surface area contributed by atoms with Crippen molar-refractivity contribution in [2.45, 2.75) is 0 Å². The predicted octanol–water partition coefficient (Wildman–Crippen LogP) is 0.350. The van der Waals surface area contributed by atoms with E-state index in [0.717, 1.165) is 6.07 Å². The summed E-state index contributed by atoms with van der Waals surface area (Å²) in [6.45, 7) is 0. The number of nitro benzene ring substituents is 1. The van der Waals surface area contributed by atoms with E-state index in [0.29, 0.717) is 0 Å². The monoisotopic (exact) mass is 217 g/mol. The van der Waals surface area contributed by atoms with Crippen LogP contribution in [0.1, 0.15) is 0 Å². The molecule has 1 aromatic rings. The molecule has 0 aromatic heterocycles. The van der Waals surface area contributed by atoms with E-state index in [1.54, 1.807) is 0 Å². The predicted molar refractivity (Wildman–Crippen MR) is 47.1 cm³/mol. The second-order valence-corrected chi connectivity index (χ2v) is 2.81. The lowest BCUT2D eigenvalue weighted by Gasteiger charge is -2.08. The summed E-state index contributed by atoms with van der Waals surface area (Å²) in [5.41, 5.74) is 4.58. The molecule has 14 heavy (non-hydrogen) atoms. The molecule has 1 atom stereocenters. The maximum Gasteiger partial charge on any atom is 0.296 e. The van der Waals surface area contributed by atoms with E-state index in [1.807, 2.05) is 0 Å². The molecule has 0 spiro atoms. The van der Waals surface area contributed by atoms with Gasteiger partial charge in [-0.25, -0.2) is 4.21 Å². The molecular weight excluding hydrogens is 212 g/mol. The average Bonchev–Trinajstić information content (AvgIpc) is 2.07. The Morgan fingerprint density at radius 1 is 1.50 bits per heavy atom. The van der Waals surface area contributed by atoms with Gasteiger partial charge in [-0.3, -0.25) is 10.1 Å². The molecule has 0 heterocycles. The number of rotatable bonds is 3. The van der Waals surface area contributed by atoms with Gasteiger partial charge in [-0.05, 0) is 6.07 Å². The van der Waals surface area contributed by atoms with Gasteiger partial charge in [0.05, 0.1) is 4.92 Å². The van der Waals surface area contributed by atoms with Gasteiger partial charge in [-0.1, -0.05) is 6.07 Å². The summed E-state index contributed by atoms with van der Waals surface area (Å²) in [7, 11) is 0. The number of nitro groups is 1. The first-order chi connectivity index (χ1) is 6.52. The number of nitrogens with zero attached hydrogens (tertiary/aromatic N) is 1. The molecule has 8 heteroatoms. The Kier molecular flexibility index (Phi) is 2.99. The maximum absolute atomic E-state index is 10.4. The van der Waals surface area contributed by atoms with Crippen molar-refractivity contribution >= 4 is 22.7 Å². The van der Waals surface area contributed by atoms with Crippen LogP contribution in [-0.4, -0.2) is 13.7 Å². The Balaban J connectivity index is 3.13. The summed E-state index contributed by atoms with van der Waals surface area (Å²) >= 11 is -2.80. The topological polar surface area (TPSA) is 119 Å². The van der Waals surface area contributed by atoms with Crippen LogP contribution in [0.5, 0.6) is 5.75 Å². The van der Waals surface area contributed by atoms with Crippen molar-refractivity contribution in [2.75, 3.05) is 5.73 Å². The van der Waals surface area contributed by atoms with Gasteiger partial charge in [0.15, 0.2) is 11.4 Å². The Morgan fingerprint density at radius 3 is 2.64 bits per heavy atom. The van der Waals surface area contributed by atoms with Crippen molar-refractivity contribution in [3.63, 3.8) is 0 Å². The summed E-state index contributed by atoms with van der Waals surface area (Å²) in [4.78, 5) is 9.65. The minimum absolute atomic E-state index is 0.257. The van der Waals surface area contributed by atoms with Crippen LogP contribution in [0, 0.1) is 10.1 Å². The van der Waals surface area contributed by atoms with Crippen LogP contribution in [-0.2, 0) is 11.4 Å². The second-order valence-electron chi connectivity index (χ2n) is 2.23. The van der Waals surface area contributed by atoms with Gasteiger partial charge >= 0.3 is 0 Å². The van der Waals surface area contributed by atoms with Crippen LogP contribution in [0.4, 0.5) is 11.4 Å². The molecule has 0 aliphatic rings. The highest BCUT2D eigenvalue weighted by Gasteiger charge is 2.15. The largest absolute Gasteiger partial charge is 0.740 e. The molecule has 76 valence electrons. The third kappa shape index (κ3) is 2.18. The number of para-hydroxylation sites is 1. The second kappa shape index (κ2) is 4.03. The molecular formula is C6H5N2O5S-. The van der Waals surface area contributed by atoms with Gasteiger partial charge in [0.1, 0.15) is 11.4 Å². The van der Waals surface area contributed by atoms with Gasteiger partial charge in [0, 0.05) is 6.07 Å². The molecule has 0 saturated heterocycles. The smallest absolute Gasteiger partial charge is 0.296 e. The molecule has 7 nitrogen and oxygen atoms in total. The van der Waals surface area contributed by atoms with Crippen LogP contribution >= 0.6 is 0 Å². The Bertz CT molecular complexity index is 394. The Morgan fingerprint density at radius 2 is 2.14 bits per heavy atom. The van der Waals surface area contributed by atoms with Crippen LogP contribution in [0.2, 0.25) is 0 Å². The van der Waals surface area contributed by atoms with Crippen molar-refractivity contribution in [3.05, 3.63) is 28.3 Å². The third-order valence-corrected chi connectivity index (χ3v) is 1.71. The summed E-state index contributed by atoms with van der Waals surface area (Å²) < 4.78 is 24.5. The van der Waals surface area contributed by atoms with Gasteiger partial charge in [-0.2, -0.15) is 0 Å². The zero-order valence-corrected chi connectivity index (χ0v) is 7.52. The van der Waals surface area contributed by atoms with E-state index in [9.17, 15) is 18.9 Å². The zero-order chi connectivity index (χ0) is 10.7. The van der Waals surface area contributed by atoms with Crippen molar-refractivity contribution < 1.29 is 17.9 Å². The average molecular weight is 217 g/mol. The van der Waals surface area contributed by atoms with Crippen molar-refractivity contribution in [2.24, 2.45) is 0 Å². The number of anilines is 1. The molecule has 0 radical (unpaired) electrons. The van der Waals surface area contributed by atoms with Gasteiger partial charge < -0.3 is 14.5 Å². The highest BCUT2D eigenvalue weighted by atomic mass is 32.2. The first-order valence-corrected chi connectivity index (χ1v) is 4.33. The highest BCUT2D eigenvalue weighted by molar-refractivity contribution is 7.74. The number of hydrogen-bond donors (Lipinski definition) is 1. The van der Waals surface area contributed by atoms with E-state index in [2.05, 4.69) is 4.18 Å². The molecule has 1 unspecified atom stereocenters. The first kappa shape index (κ1) is 10.4. The van der Waals surface area contributed by atoms with Crippen molar-refractivity contribution in [1.82, 2.24) is 0 Å². The molecule has 0 aliphatic heterocycles. The Hall–Kier alpha value is -1.67. The van der Waals surface area contributed by atoms with Crippen molar-refractivity contribution in [1.29, 1.82) is 0 Å². The quantitative estimate of drug-likeness (QED) is 0.337. The maximum atomic E-state index is 10.4. The van der Waals surface area contributed by atoms with Gasteiger partial charge in [0.2, 0.25) is 0 Å². The van der Waals surface area contributed by atoms with E-state index < -0.39 is 22.0 Å². The lowest BCUT2D eigenvalue weighted by molar-refractivity contribution is -0.383. The third-order valence-electron chi connectivity index (χ3n) is 1.40. The van der Waals surface area contributed by atoms with E-state index in [4.69, 9.17) is 5.73 Å². The van der Waals surface area contributed by atoms with E-state index in [1.165, 1.54) is 12.1 Å². The molecule has 1 rings (SSSR count). The summed E-state index contributed by atoms with van der Waals surface area (Å²) in [5.74, 6) is -0.257. The minimum Gasteiger partial charge on any atom is -0.740 e. The van der Waals surface area contributed by atoms with Crippen LogP contribution in [0.15, 0.2) is 18.2 Å². The van der Waals surface area contributed by atoms with Gasteiger partial charge in [0.25, 0.3) is 5.69 Å². The summed E-state index contributed by atoms with van der Waals surface area (Å²) in [6.07, 6.45) is 0. The summed E-state index contributed by atoms with van der Waals surface area (Å²) in [5, 5.41) is 10.4. The fourth-order valence-electron chi connectivity index (χ4n) is 0.838. The molecule has 0 saturated carbocycles. The molecule has 0 aliphatic carbocycles. The SMILES string of the molecule is Nc1c(OS(=O)[O-])cccc1[N+](=O)[O-]. The lowest BCUT2D eigenvalue weighted by Crippen LogP contribution is -2.03. The molecule has 0 bridgehead atoms. The highest BCUT2D eigenvalue weighted by Crippen LogP contribution is 2.30. The first-order valence-electron chi connectivity index (χ1n) is 3.33. The van der Waals surface area contributed by atoms with Crippen molar-refractivity contribution in [3.8, 4) is 5.75 Å².